The second-order valence-electron chi connectivity index (χ2n) is 11.4. The summed E-state index contributed by atoms with van der Waals surface area (Å²) in [5, 5.41) is 17.8. The van der Waals surface area contributed by atoms with Gasteiger partial charge in [-0.1, -0.05) is 62.8 Å². The number of carbonyl (C=O) groups excluding carboxylic acids is 2. The topological polar surface area (TPSA) is 124 Å². The number of hydrogen-bond acceptors (Lipinski definition) is 7. The van der Waals surface area contributed by atoms with Crippen molar-refractivity contribution in [1.82, 2.24) is 14.7 Å². The maximum absolute atomic E-state index is 13.4. The number of rotatable bonds is 12. The maximum atomic E-state index is 13.4. The van der Waals surface area contributed by atoms with Crippen molar-refractivity contribution in [1.29, 1.82) is 0 Å². The molecule has 14 heteroatoms. The van der Waals surface area contributed by atoms with Crippen molar-refractivity contribution in [2.45, 2.75) is 50.5 Å². The highest BCUT2D eigenvalue weighted by atomic mass is 35.5. The highest BCUT2D eigenvalue weighted by Gasteiger charge is 2.30. The third kappa shape index (κ3) is 9.86. The van der Waals surface area contributed by atoms with Crippen LogP contribution < -0.4 is 5.73 Å². The molecule has 2 aliphatic rings. The molecule has 0 spiro atoms. The Morgan fingerprint density at radius 1 is 1.07 bits per heavy atom. The van der Waals surface area contributed by atoms with Crippen LogP contribution in [-0.2, 0) is 9.63 Å². The lowest BCUT2D eigenvalue weighted by Gasteiger charge is -2.40. The van der Waals surface area contributed by atoms with Gasteiger partial charge in [0.2, 0.25) is 5.91 Å². The minimum absolute atomic E-state index is 0.0865. The number of piperidine rings is 2. The van der Waals surface area contributed by atoms with E-state index in [1.165, 1.54) is 4.90 Å². The summed E-state index contributed by atoms with van der Waals surface area (Å²) >= 11 is 25.0. The first-order valence-corrected chi connectivity index (χ1v) is 16.4. The standard InChI is InChI=1S/C31H38Cl4N6O4/c1-39(31(43)21-14-22(32)17-23(33)15-21)18-28(38-45-19-29(36)37-44)25(20-5-6-26(34)27(35)16-20)9-13-40-11-7-24(8-12-40)41-10-3-2-4-30(41)42/h5-6,14-17,24-25,44H,2-4,7-13,18-19H2,1H3,(H2,36,37)/b38-28-. The van der Waals surface area contributed by atoms with E-state index in [0.29, 0.717) is 44.2 Å². The monoisotopic (exact) mass is 698 g/mol. The Morgan fingerprint density at radius 2 is 1.78 bits per heavy atom. The molecule has 2 aliphatic heterocycles. The summed E-state index contributed by atoms with van der Waals surface area (Å²) < 4.78 is 0. The minimum Gasteiger partial charge on any atom is -0.409 e. The molecule has 0 radical (unpaired) electrons. The van der Waals surface area contributed by atoms with Crippen LogP contribution in [0.2, 0.25) is 20.1 Å². The SMILES string of the molecule is CN(C/C(=N/OC/C(N)=N\O)C(CCN1CCC(N2CCCCC2=O)CC1)c1ccc(Cl)c(Cl)c1)C(=O)c1cc(Cl)cc(Cl)c1. The van der Waals surface area contributed by atoms with Crippen molar-refractivity contribution < 1.29 is 19.6 Å². The number of nitrogens with zero attached hydrogens (tertiary/aromatic N) is 5. The summed E-state index contributed by atoms with van der Waals surface area (Å²) in [6.45, 7) is 3.14. The van der Waals surface area contributed by atoms with Gasteiger partial charge in [-0.2, -0.15) is 0 Å². The van der Waals surface area contributed by atoms with Gasteiger partial charge in [-0.25, -0.2) is 0 Å². The number of oxime groups is 2. The first-order valence-electron chi connectivity index (χ1n) is 14.9. The second kappa shape index (κ2) is 16.7. The molecule has 2 heterocycles. The Balaban J connectivity index is 1.55. The van der Waals surface area contributed by atoms with Gasteiger partial charge >= 0.3 is 0 Å². The summed E-state index contributed by atoms with van der Waals surface area (Å²) in [5.74, 6) is -0.527. The van der Waals surface area contributed by atoms with Crippen LogP contribution in [0.5, 0.6) is 0 Å². The number of amides is 2. The third-order valence-corrected chi connectivity index (χ3v) is 9.39. The van der Waals surface area contributed by atoms with Crippen LogP contribution in [0.25, 0.3) is 0 Å². The molecule has 0 aliphatic carbocycles. The molecule has 2 amide bonds. The average molecular weight is 700 g/mol. The first kappa shape index (κ1) is 35.1. The molecule has 45 heavy (non-hydrogen) atoms. The highest BCUT2D eigenvalue weighted by molar-refractivity contribution is 6.42. The lowest BCUT2D eigenvalue weighted by Crippen LogP contribution is -2.49. The maximum Gasteiger partial charge on any atom is 0.254 e. The van der Waals surface area contributed by atoms with E-state index in [1.54, 1.807) is 37.4 Å². The lowest BCUT2D eigenvalue weighted by atomic mass is 9.89. The minimum atomic E-state index is -0.327. The Labute approximate surface area is 283 Å². The second-order valence-corrected chi connectivity index (χ2v) is 13.1. The summed E-state index contributed by atoms with van der Waals surface area (Å²) in [7, 11) is 1.65. The number of amidine groups is 1. The molecule has 2 saturated heterocycles. The van der Waals surface area contributed by atoms with E-state index in [-0.39, 0.29) is 42.8 Å². The first-order chi connectivity index (χ1) is 21.5. The quantitative estimate of drug-likeness (QED) is 0.119. The molecule has 1 atom stereocenters. The van der Waals surface area contributed by atoms with Gasteiger partial charge < -0.3 is 30.5 Å². The molecule has 0 bridgehead atoms. The number of hydrogen-bond donors (Lipinski definition) is 2. The Kier molecular flexibility index (Phi) is 13.0. The molecule has 2 fully saturated rings. The van der Waals surface area contributed by atoms with Crippen LogP contribution in [0.1, 0.15) is 60.4 Å². The number of likely N-dealkylation sites (tertiary alicyclic amines) is 2. The molecule has 2 aromatic carbocycles. The molecule has 0 aromatic heterocycles. The van der Waals surface area contributed by atoms with E-state index in [4.69, 9.17) is 62.2 Å². The molecular formula is C31H38Cl4N6O4. The summed E-state index contributed by atoms with van der Waals surface area (Å²) in [4.78, 5) is 37.4. The Hall–Kier alpha value is -2.76. The highest BCUT2D eigenvalue weighted by Crippen LogP contribution is 2.31. The van der Waals surface area contributed by atoms with Gasteiger partial charge in [-0.05, 0) is 74.5 Å². The van der Waals surface area contributed by atoms with E-state index in [0.717, 1.165) is 57.4 Å². The van der Waals surface area contributed by atoms with Crippen molar-refractivity contribution in [3.05, 3.63) is 67.6 Å². The van der Waals surface area contributed by atoms with Crippen molar-refractivity contribution in [3.63, 3.8) is 0 Å². The van der Waals surface area contributed by atoms with E-state index < -0.39 is 0 Å². The molecular weight excluding hydrogens is 662 g/mol. The molecule has 1 unspecified atom stereocenters. The molecule has 3 N–H and O–H groups in total. The number of carbonyl (C=O) groups is 2. The van der Waals surface area contributed by atoms with Crippen molar-refractivity contribution in [3.8, 4) is 0 Å². The average Bonchev–Trinajstić information content (AvgIpc) is 3.02. The molecule has 10 nitrogen and oxygen atoms in total. The molecule has 0 saturated carbocycles. The van der Waals surface area contributed by atoms with E-state index >= 15 is 0 Å². The predicted octanol–water partition coefficient (Wildman–Crippen LogP) is 6.14. The normalized spacial score (nSPS) is 17.8. The fourth-order valence-corrected chi connectivity index (χ4v) is 6.69. The van der Waals surface area contributed by atoms with Crippen LogP contribution in [0.3, 0.4) is 0 Å². The van der Waals surface area contributed by atoms with Crippen LogP contribution >= 0.6 is 46.4 Å². The molecule has 2 aromatic rings. The summed E-state index contributed by atoms with van der Waals surface area (Å²) in [6.07, 6.45) is 5.16. The number of nitrogens with two attached hydrogens (primary N) is 1. The fraction of sp³-hybridized carbons (Fsp3) is 0.484. The predicted molar refractivity (Wildman–Crippen MR) is 179 cm³/mol. The fourth-order valence-electron chi connectivity index (χ4n) is 5.86. The van der Waals surface area contributed by atoms with Crippen molar-refractivity contribution in [2.24, 2.45) is 16.0 Å². The third-order valence-electron chi connectivity index (χ3n) is 8.22. The van der Waals surface area contributed by atoms with E-state index in [2.05, 4.69) is 20.1 Å². The summed E-state index contributed by atoms with van der Waals surface area (Å²) in [6, 6.07) is 10.3. The summed E-state index contributed by atoms with van der Waals surface area (Å²) in [5.41, 5.74) is 7.31. The van der Waals surface area contributed by atoms with Crippen molar-refractivity contribution >= 4 is 69.8 Å². The smallest absolute Gasteiger partial charge is 0.254 e. The van der Waals surface area contributed by atoms with Crippen molar-refractivity contribution in [2.75, 3.05) is 46.4 Å². The Bertz CT molecular complexity index is 1400. The molecule has 244 valence electrons. The van der Waals surface area contributed by atoms with Gasteiger partial charge in [0, 0.05) is 60.7 Å². The van der Waals surface area contributed by atoms with Gasteiger partial charge in [-0.15, -0.1) is 0 Å². The zero-order chi connectivity index (χ0) is 32.5. The van der Waals surface area contributed by atoms with Gasteiger partial charge in [0.05, 0.1) is 22.3 Å². The van der Waals surface area contributed by atoms with Gasteiger partial charge in [0.15, 0.2) is 12.4 Å². The lowest BCUT2D eigenvalue weighted by molar-refractivity contribution is -0.136. The number of benzene rings is 2. The van der Waals surface area contributed by atoms with Crippen LogP contribution in [0, 0.1) is 0 Å². The number of halogens is 4. The zero-order valence-corrected chi connectivity index (χ0v) is 28.1. The van der Waals surface area contributed by atoms with Gasteiger partial charge in [0.25, 0.3) is 5.91 Å². The van der Waals surface area contributed by atoms with E-state index in [9.17, 15) is 9.59 Å². The largest absolute Gasteiger partial charge is 0.409 e. The zero-order valence-electron chi connectivity index (χ0n) is 25.1. The van der Waals surface area contributed by atoms with Crippen LogP contribution in [-0.4, -0.2) is 95.7 Å². The Morgan fingerprint density at radius 3 is 2.42 bits per heavy atom. The molecule has 4 rings (SSSR count). The van der Waals surface area contributed by atoms with Crippen LogP contribution in [0.15, 0.2) is 46.7 Å². The van der Waals surface area contributed by atoms with Gasteiger partial charge in [0.1, 0.15) is 0 Å². The van der Waals surface area contributed by atoms with Gasteiger partial charge in [-0.3, -0.25) is 9.59 Å². The van der Waals surface area contributed by atoms with E-state index in [1.807, 2.05) is 6.07 Å². The van der Waals surface area contributed by atoms with Crippen LogP contribution in [0.4, 0.5) is 0 Å².